The van der Waals surface area contributed by atoms with Gasteiger partial charge in [-0.1, -0.05) is 12.1 Å². The number of amides is 2. The average molecular weight is 397 g/mol. The molecule has 0 bridgehead atoms. The van der Waals surface area contributed by atoms with Crippen LogP contribution < -0.4 is 9.64 Å². The van der Waals surface area contributed by atoms with E-state index < -0.39 is 0 Å². The standard InChI is InChI=1S/C21H27N5O3/c1-16-14-18(23(2)22-16)21(28)25-9-5-8-24(10-11-25)15-20(27)26-12-13-29-19-7-4-3-6-17(19)26/h3-4,6-7,14H,5,8-13,15H2,1-2H3. The molecular formula is C21H27N5O3. The highest BCUT2D eigenvalue weighted by Crippen LogP contribution is 2.31. The van der Waals surface area contributed by atoms with Crippen molar-refractivity contribution in [3.63, 3.8) is 0 Å². The van der Waals surface area contributed by atoms with Crippen molar-refractivity contribution in [3.8, 4) is 5.75 Å². The van der Waals surface area contributed by atoms with Crippen LogP contribution in [0.1, 0.15) is 22.6 Å². The molecule has 0 N–H and O–H groups in total. The number of ether oxygens (including phenoxy) is 1. The lowest BCUT2D eigenvalue weighted by Gasteiger charge is -2.31. The quantitative estimate of drug-likeness (QED) is 0.781. The van der Waals surface area contributed by atoms with Gasteiger partial charge in [0.15, 0.2) is 0 Å². The summed E-state index contributed by atoms with van der Waals surface area (Å²) >= 11 is 0. The molecule has 1 aromatic carbocycles. The van der Waals surface area contributed by atoms with Crippen molar-refractivity contribution in [2.75, 3.05) is 50.8 Å². The van der Waals surface area contributed by atoms with Gasteiger partial charge in [-0.05, 0) is 31.5 Å². The van der Waals surface area contributed by atoms with Crippen LogP contribution >= 0.6 is 0 Å². The number of aromatic nitrogens is 2. The van der Waals surface area contributed by atoms with E-state index in [1.54, 1.807) is 11.7 Å². The Morgan fingerprint density at radius 2 is 1.93 bits per heavy atom. The molecule has 2 aliphatic heterocycles. The van der Waals surface area contributed by atoms with E-state index >= 15 is 0 Å². The van der Waals surface area contributed by atoms with E-state index in [9.17, 15) is 9.59 Å². The second-order valence-electron chi connectivity index (χ2n) is 7.58. The fourth-order valence-electron chi connectivity index (χ4n) is 4.01. The summed E-state index contributed by atoms with van der Waals surface area (Å²) in [5.74, 6) is 0.831. The van der Waals surface area contributed by atoms with E-state index in [2.05, 4.69) is 10.00 Å². The molecule has 3 heterocycles. The summed E-state index contributed by atoms with van der Waals surface area (Å²) in [6.45, 7) is 6.08. The van der Waals surface area contributed by atoms with E-state index in [1.807, 2.05) is 47.1 Å². The highest BCUT2D eigenvalue weighted by molar-refractivity contribution is 5.96. The fourth-order valence-corrected chi connectivity index (χ4v) is 4.01. The summed E-state index contributed by atoms with van der Waals surface area (Å²) in [5, 5.41) is 4.27. The maximum Gasteiger partial charge on any atom is 0.272 e. The molecule has 1 saturated heterocycles. The van der Waals surface area contributed by atoms with Gasteiger partial charge in [0.25, 0.3) is 5.91 Å². The van der Waals surface area contributed by atoms with Crippen molar-refractivity contribution < 1.29 is 14.3 Å². The van der Waals surface area contributed by atoms with E-state index in [-0.39, 0.29) is 11.8 Å². The minimum absolute atomic E-state index is 0.00313. The van der Waals surface area contributed by atoms with Crippen molar-refractivity contribution in [1.82, 2.24) is 19.6 Å². The number of anilines is 1. The van der Waals surface area contributed by atoms with Crippen LogP contribution in [0.25, 0.3) is 0 Å². The van der Waals surface area contributed by atoms with Gasteiger partial charge in [0.2, 0.25) is 5.91 Å². The van der Waals surface area contributed by atoms with Crippen molar-refractivity contribution in [2.24, 2.45) is 7.05 Å². The summed E-state index contributed by atoms with van der Waals surface area (Å²) < 4.78 is 7.29. The molecule has 8 heteroatoms. The molecule has 2 amide bonds. The summed E-state index contributed by atoms with van der Waals surface area (Å²) in [5.41, 5.74) is 2.28. The van der Waals surface area contributed by atoms with Crippen LogP contribution in [0.5, 0.6) is 5.75 Å². The number of hydrogen-bond donors (Lipinski definition) is 0. The average Bonchev–Trinajstić information content (AvgIpc) is 2.91. The van der Waals surface area contributed by atoms with Crippen LogP contribution in [0.2, 0.25) is 0 Å². The smallest absolute Gasteiger partial charge is 0.272 e. The first kappa shape index (κ1) is 19.4. The number of rotatable bonds is 3. The largest absolute Gasteiger partial charge is 0.490 e. The summed E-state index contributed by atoms with van der Waals surface area (Å²) in [4.78, 5) is 31.6. The maximum atomic E-state index is 13.0. The molecule has 1 fully saturated rings. The van der Waals surface area contributed by atoms with Gasteiger partial charge in [0.05, 0.1) is 24.5 Å². The van der Waals surface area contributed by atoms with E-state index in [0.29, 0.717) is 45.0 Å². The molecule has 8 nitrogen and oxygen atoms in total. The van der Waals surface area contributed by atoms with Crippen LogP contribution in [0.15, 0.2) is 30.3 Å². The van der Waals surface area contributed by atoms with Gasteiger partial charge < -0.3 is 14.5 Å². The van der Waals surface area contributed by atoms with Crippen LogP contribution in [-0.4, -0.2) is 77.3 Å². The Kier molecular flexibility index (Phi) is 5.53. The number of nitrogens with zero attached hydrogens (tertiary/aromatic N) is 5. The van der Waals surface area contributed by atoms with Crippen LogP contribution in [0, 0.1) is 6.92 Å². The Hall–Kier alpha value is -2.87. The van der Waals surface area contributed by atoms with Gasteiger partial charge in [0, 0.05) is 33.2 Å². The number of carbonyl (C=O) groups excluding carboxylic acids is 2. The molecule has 2 aromatic rings. The summed E-state index contributed by atoms with van der Waals surface area (Å²) in [6, 6.07) is 9.47. The molecule has 0 unspecified atom stereocenters. The van der Waals surface area contributed by atoms with Crippen molar-refractivity contribution in [3.05, 3.63) is 41.7 Å². The monoisotopic (exact) mass is 397 g/mol. The van der Waals surface area contributed by atoms with Crippen LogP contribution in [0.4, 0.5) is 5.69 Å². The van der Waals surface area contributed by atoms with Gasteiger partial charge in [-0.25, -0.2) is 0 Å². The van der Waals surface area contributed by atoms with Gasteiger partial charge in [-0.3, -0.25) is 19.2 Å². The number of carbonyl (C=O) groups is 2. The first-order valence-electron chi connectivity index (χ1n) is 10.1. The summed E-state index contributed by atoms with van der Waals surface area (Å²) in [7, 11) is 1.79. The number of hydrogen-bond acceptors (Lipinski definition) is 5. The lowest BCUT2D eigenvalue weighted by molar-refractivity contribution is -0.120. The van der Waals surface area contributed by atoms with Gasteiger partial charge in [-0.2, -0.15) is 5.10 Å². The van der Waals surface area contributed by atoms with Gasteiger partial charge in [0.1, 0.15) is 18.1 Å². The second-order valence-corrected chi connectivity index (χ2v) is 7.58. The summed E-state index contributed by atoms with van der Waals surface area (Å²) in [6.07, 6.45) is 0.843. The maximum absolute atomic E-state index is 13.0. The third-order valence-corrected chi connectivity index (χ3v) is 5.49. The van der Waals surface area contributed by atoms with Crippen molar-refractivity contribution in [2.45, 2.75) is 13.3 Å². The molecule has 0 saturated carbocycles. The van der Waals surface area contributed by atoms with Crippen molar-refractivity contribution in [1.29, 1.82) is 0 Å². The van der Waals surface area contributed by atoms with Crippen molar-refractivity contribution >= 4 is 17.5 Å². The second kappa shape index (κ2) is 8.24. The first-order valence-corrected chi connectivity index (χ1v) is 10.1. The van der Waals surface area contributed by atoms with E-state index in [4.69, 9.17) is 4.74 Å². The number of benzene rings is 1. The molecule has 0 atom stereocenters. The molecule has 0 aliphatic carbocycles. The SMILES string of the molecule is Cc1cc(C(=O)N2CCCN(CC(=O)N3CCOc4ccccc43)CC2)n(C)n1. The Labute approximate surface area is 170 Å². The number of fused-ring (bicyclic) bond motifs is 1. The van der Waals surface area contributed by atoms with Gasteiger partial charge >= 0.3 is 0 Å². The molecule has 29 heavy (non-hydrogen) atoms. The lowest BCUT2D eigenvalue weighted by Crippen LogP contribution is -2.45. The normalized spacial score (nSPS) is 17.4. The zero-order chi connectivity index (χ0) is 20.4. The Morgan fingerprint density at radius 3 is 2.72 bits per heavy atom. The van der Waals surface area contributed by atoms with Crippen LogP contribution in [0.3, 0.4) is 0 Å². The topological polar surface area (TPSA) is 70.9 Å². The molecular weight excluding hydrogens is 370 g/mol. The third-order valence-electron chi connectivity index (χ3n) is 5.49. The minimum atomic E-state index is 0.00313. The minimum Gasteiger partial charge on any atom is -0.490 e. The molecule has 0 spiro atoms. The highest BCUT2D eigenvalue weighted by atomic mass is 16.5. The molecule has 1 aromatic heterocycles. The number of para-hydroxylation sites is 2. The first-order chi connectivity index (χ1) is 14.0. The molecule has 0 radical (unpaired) electrons. The number of aryl methyl sites for hydroxylation is 2. The Bertz CT molecular complexity index is 909. The molecule has 154 valence electrons. The molecule has 2 aliphatic rings. The predicted molar refractivity (Wildman–Crippen MR) is 109 cm³/mol. The molecule has 4 rings (SSSR count). The third kappa shape index (κ3) is 4.12. The zero-order valence-corrected chi connectivity index (χ0v) is 17.0. The van der Waals surface area contributed by atoms with E-state index in [1.165, 1.54) is 0 Å². The Balaban J connectivity index is 1.38. The highest BCUT2D eigenvalue weighted by Gasteiger charge is 2.27. The predicted octanol–water partition coefficient (Wildman–Crippen LogP) is 1.30. The Morgan fingerprint density at radius 1 is 1.10 bits per heavy atom. The van der Waals surface area contributed by atoms with E-state index in [0.717, 1.165) is 30.1 Å². The fraction of sp³-hybridized carbons (Fsp3) is 0.476. The van der Waals surface area contributed by atoms with Gasteiger partial charge in [-0.15, -0.1) is 0 Å². The van der Waals surface area contributed by atoms with Crippen LogP contribution in [-0.2, 0) is 11.8 Å². The zero-order valence-electron chi connectivity index (χ0n) is 17.0. The lowest BCUT2D eigenvalue weighted by atomic mass is 10.2.